The van der Waals surface area contributed by atoms with Gasteiger partial charge in [-0.3, -0.25) is 4.79 Å². The molecular formula is C10H12ClN3O2. The van der Waals surface area contributed by atoms with Crippen LogP contribution in [0.15, 0.2) is 24.3 Å². The van der Waals surface area contributed by atoms with Crippen LogP contribution in [0.2, 0.25) is 5.02 Å². The highest BCUT2D eigenvalue weighted by atomic mass is 35.5. The van der Waals surface area contributed by atoms with Crippen LogP contribution in [0.5, 0.6) is 0 Å². The highest BCUT2D eigenvalue weighted by Crippen LogP contribution is 2.14. The second kappa shape index (κ2) is 5.37. The van der Waals surface area contributed by atoms with Gasteiger partial charge in [0, 0.05) is 10.7 Å². The van der Waals surface area contributed by atoms with Gasteiger partial charge in [0.1, 0.15) is 6.04 Å². The molecule has 0 saturated carbocycles. The fraction of sp³-hybridized carbons (Fsp3) is 0.200. The molecule has 0 saturated heterocycles. The second-order valence-corrected chi connectivity index (χ2v) is 3.67. The van der Waals surface area contributed by atoms with Crippen LogP contribution in [-0.2, 0) is 4.79 Å². The molecule has 0 radical (unpaired) electrons. The van der Waals surface area contributed by atoms with Crippen molar-refractivity contribution in [1.29, 1.82) is 0 Å². The first-order valence-corrected chi connectivity index (χ1v) is 4.99. The summed E-state index contributed by atoms with van der Waals surface area (Å²) >= 11 is 5.75. The minimum atomic E-state index is -0.742. The number of amides is 3. The van der Waals surface area contributed by atoms with E-state index in [2.05, 4.69) is 10.6 Å². The van der Waals surface area contributed by atoms with Crippen molar-refractivity contribution >= 4 is 29.2 Å². The third kappa shape index (κ3) is 3.78. The van der Waals surface area contributed by atoms with E-state index in [1.165, 1.54) is 6.92 Å². The predicted molar refractivity (Wildman–Crippen MR) is 62.3 cm³/mol. The van der Waals surface area contributed by atoms with E-state index in [4.69, 9.17) is 17.3 Å². The van der Waals surface area contributed by atoms with E-state index < -0.39 is 12.1 Å². The summed E-state index contributed by atoms with van der Waals surface area (Å²) in [6.45, 7) is 1.53. The lowest BCUT2D eigenvalue weighted by Crippen LogP contribution is -2.44. The number of hydrogen-bond acceptors (Lipinski definition) is 2. The topological polar surface area (TPSA) is 84.2 Å². The van der Waals surface area contributed by atoms with Crippen LogP contribution < -0.4 is 16.4 Å². The fourth-order valence-corrected chi connectivity index (χ4v) is 1.29. The average Bonchev–Trinajstić information content (AvgIpc) is 2.16. The van der Waals surface area contributed by atoms with Crippen molar-refractivity contribution in [3.05, 3.63) is 29.3 Å². The molecule has 1 aromatic carbocycles. The van der Waals surface area contributed by atoms with Gasteiger partial charge in [-0.1, -0.05) is 17.7 Å². The summed E-state index contributed by atoms with van der Waals surface area (Å²) in [6, 6.07) is 5.27. The number of carbonyl (C=O) groups is 2. The summed E-state index contributed by atoms with van der Waals surface area (Å²) in [6.07, 6.45) is 0. The minimum Gasteiger partial charge on any atom is -0.352 e. The number of nitrogens with two attached hydrogens (primary N) is 1. The van der Waals surface area contributed by atoms with Crippen LogP contribution in [0.3, 0.4) is 0 Å². The van der Waals surface area contributed by atoms with Gasteiger partial charge in [0.15, 0.2) is 0 Å². The van der Waals surface area contributed by atoms with E-state index in [1.807, 2.05) is 0 Å². The molecule has 0 aromatic heterocycles. The Labute approximate surface area is 98.0 Å². The smallest absolute Gasteiger partial charge is 0.312 e. The molecule has 0 unspecified atom stereocenters. The Bertz CT molecular complexity index is 409. The van der Waals surface area contributed by atoms with E-state index >= 15 is 0 Å². The molecule has 1 aromatic rings. The van der Waals surface area contributed by atoms with E-state index in [0.29, 0.717) is 10.7 Å². The van der Waals surface area contributed by atoms with Crippen LogP contribution in [0.1, 0.15) is 6.92 Å². The third-order valence-corrected chi connectivity index (χ3v) is 2.08. The van der Waals surface area contributed by atoms with Crippen LogP contribution in [0.25, 0.3) is 0 Å². The lowest BCUT2D eigenvalue weighted by molar-refractivity contribution is -0.117. The summed E-state index contributed by atoms with van der Waals surface area (Å²) in [4.78, 5) is 22.1. The molecule has 0 aliphatic heterocycles. The molecule has 0 aliphatic rings. The average molecular weight is 242 g/mol. The van der Waals surface area contributed by atoms with Crippen molar-refractivity contribution in [3.63, 3.8) is 0 Å². The molecule has 1 atom stereocenters. The number of anilines is 1. The van der Waals surface area contributed by atoms with Crippen molar-refractivity contribution in [2.75, 3.05) is 5.32 Å². The maximum Gasteiger partial charge on any atom is 0.312 e. The number of carbonyl (C=O) groups excluding carboxylic acids is 2. The molecule has 16 heavy (non-hydrogen) atoms. The SMILES string of the molecule is C[C@@H](NC(N)=O)C(=O)Nc1cccc(Cl)c1. The lowest BCUT2D eigenvalue weighted by Gasteiger charge is -2.12. The summed E-state index contributed by atoms with van der Waals surface area (Å²) in [5.74, 6) is -0.360. The Kier molecular flexibility index (Phi) is 4.13. The Morgan fingerprint density at radius 1 is 1.44 bits per heavy atom. The maximum atomic E-state index is 11.5. The Balaban J connectivity index is 2.60. The lowest BCUT2D eigenvalue weighted by atomic mass is 10.2. The van der Waals surface area contributed by atoms with Gasteiger partial charge < -0.3 is 16.4 Å². The minimum absolute atomic E-state index is 0.360. The van der Waals surface area contributed by atoms with Gasteiger partial charge in [-0.15, -0.1) is 0 Å². The molecule has 0 heterocycles. The molecule has 5 nitrogen and oxygen atoms in total. The molecule has 0 bridgehead atoms. The highest BCUT2D eigenvalue weighted by Gasteiger charge is 2.13. The fourth-order valence-electron chi connectivity index (χ4n) is 1.10. The highest BCUT2D eigenvalue weighted by molar-refractivity contribution is 6.30. The Hall–Kier alpha value is -1.75. The van der Waals surface area contributed by atoms with Gasteiger partial charge in [-0.2, -0.15) is 0 Å². The first-order chi connectivity index (χ1) is 7.49. The number of urea groups is 1. The summed E-state index contributed by atoms with van der Waals surface area (Å²) < 4.78 is 0. The number of benzene rings is 1. The molecular weight excluding hydrogens is 230 g/mol. The molecule has 6 heteroatoms. The quantitative estimate of drug-likeness (QED) is 0.746. The Morgan fingerprint density at radius 3 is 2.69 bits per heavy atom. The normalized spacial score (nSPS) is 11.6. The molecule has 0 fully saturated rings. The third-order valence-electron chi connectivity index (χ3n) is 1.84. The maximum absolute atomic E-state index is 11.5. The molecule has 3 amide bonds. The first kappa shape index (κ1) is 12.3. The van der Waals surface area contributed by atoms with Crippen LogP contribution in [-0.4, -0.2) is 18.0 Å². The molecule has 86 valence electrons. The zero-order valence-electron chi connectivity index (χ0n) is 8.66. The summed E-state index contributed by atoms with van der Waals surface area (Å²) in [5.41, 5.74) is 5.46. The van der Waals surface area contributed by atoms with Crippen molar-refractivity contribution < 1.29 is 9.59 Å². The second-order valence-electron chi connectivity index (χ2n) is 3.23. The molecule has 0 aliphatic carbocycles. The Morgan fingerprint density at radius 2 is 2.12 bits per heavy atom. The van der Waals surface area contributed by atoms with E-state index in [9.17, 15) is 9.59 Å². The number of primary amides is 1. The number of halogens is 1. The van der Waals surface area contributed by atoms with Gasteiger partial charge in [0.25, 0.3) is 0 Å². The van der Waals surface area contributed by atoms with E-state index in [-0.39, 0.29) is 5.91 Å². The van der Waals surface area contributed by atoms with Crippen LogP contribution >= 0.6 is 11.6 Å². The summed E-state index contributed by atoms with van der Waals surface area (Å²) in [5, 5.41) is 5.39. The van der Waals surface area contributed by atoms with Gasteiger partial charge in [0.2, 0.25) is 5.91 Å². The largest absolute Gasteiger partial charge is 0.352 e. The van der Waals surface area contributed by atoms with Crippen molar-refractivity contribution in [2.45, 2.75) is 13.0 Å². The molecule has 4 N–H and O–H groups in total. The molecule has 1 rings (SSSR count). The van der Waals surface area contributed by atoms with Gasteiger partial charge in [0.05, 0.1) is 0 Å². The van der Waals surface area contributed by atoms with Crippen molar-refractivity contribution in [1.82, 2.24) is 5.32 Å². The zero-order chi connectivity index (χ0) is 12.1. The number of nitrogens with one attached hydrogen (secondary N) is 2. The van der Waals surface area contributed by atoms with Crippen LogP contribution in [0, 0.1) is 0 Å². The molecule has 0 spiro atoms. The monoisotopic (exact) mass is 241 g/mol. The van der Waals surface area contributed by atoms with E-state index in [1.54, 1.807) is 24.3 Å². The number of rotatable bonds is 3. The van der Waals surface area contributed by atoms with E-state index in [0.717, 1.165) is 0 Å². The predicted octanol–water partition coefficient (Wildman–Crippen LogP) is 1.34. The zero-order valence-corrected chi connectivity index (χ0v) is 9.41. The van der Waals surface area contributed by atoms with Crippen molar-refractivity contribution in [3.8, 4) is 0 Å². The number of hydrogen-bond donors (Lipinski definition) is 3. The van der Waals surface area contributed by atoms with Gasteiger partial charge in [-0.05, 0) is 25.1 Å². The standard InChI is InChI=1S/C10H12ClN3O2/c1-6(13-10(12)16)9(15)14-8-4-2-3-7(11)5-8/h2-6H,1H3,(H,14,15)(H3,12,13,16)/t6-/m1/s1. The van der Waals surface area contributed by atoms with Gasteiger partial charge in [-0.25, -0.2) is 4.79 Å². The first-order valence-electron chi connectivity index (χ1n) is 4.61. The van der Waals surface area contributed by atoms with Gasteiger partial charge >= 0.3 is 6.03 Å². The van der Waals surface area contributed by atoms with Crippen LogP contribution in [0.4, 0.5) is 10.5 Å². The van der Waals surface area contributed by atoms with Crippen molar-refractivity contribution in [2.24, 2.45) is 5.73 Å². The summed E-state index contributed by atoms with van der Waals surface area (Å²) in [7, 11) is 0.